The van der Waals surface area contributed by atoms with Crippen molar-refractivity contribution in [2.45, 2.75) is 12.1 Å². The molecule has 7 nitrogen and oxygen atoms in total. The Labute approximate surface area is 162 Å². The third-order valence-electron chi connectivity index (χ3n) is 3.72. The molecule has 0 aliphatic carbocycles. The van der Waals surface area contributed by atoms with E-state index >= 15 is 0 Å². The van der Waals surface area contributed by atoms with Crippen molar-refractivity contribution in [3.05, 3.63) is 41.4 Å². The quantitative estimate of drug-likeness (QED) is 0.779. The summed E-state index contributed by atoms with van der Waals surface area (Å²) in [6.45, 7) is 0. The zero-order chi connectivity index (χ0) is 20.5. The van der Waals surface area contributed by atoms with E-state index in [-0.39, 0.29) is 28.0 Å². The van der Waals surface area contributed by atoms with Crippen molar-refractivity contribution in [1.29, 1.82) is 0 Å². The van der Waals surface area contributed by atoms with E-state index in [1.54, 1.807) is 5.32 Å². The first-order chi connectivity index (χ1) is 13.2. The van der Waals surface area contributed by atoms with Gasteiger partial charge < -0.3 is 24.3 Å². The van der Waals surface area contributed by atoms with E-state index in [0.29, 0.717) is 5.75 Å². The van der Waals surface area contributed by atoms with Crippen LogP contribution in [0.4, 0.5) is 23.7 Å². The molecule has 2 aromatic carbocycles. The smallest absolute Gasteiger partial charge is 0.492 e. The third kappa shape index (κ3) is 3.68. The second kappa shape index (κ2) is 7.19. The van der Waals surface area contributed by atoms with Crippen LogP contribution < -0.4 is 29.6 Å². The van der Waals surface area contributed by atoms with Gasteiger partial charge in [0, 0.05) is 17.2 Å². The second-order valence-electron chi connectivity index (χ2n) is 5.55. The lowest BCUT2D eigenvalue weighted by atomic mass is 10.2. The van der Waals surface area contributed by atoms with Crippen molar-refractivity contribution >= 4 is 23.3 Å². The first kappa shape index (κ1) is 19.7. The number of fused-ring (bicyclic) bond motifs is 1. The molecular weight excluding hydrogens is 405 g/mol. The minimum absolute atomic E-state index is 0.108. The minimum atomic E-state index is -5.10. The fourth-order valence-corrected chi connectivity index (χ4v) is 2.58. The molecule has 0 spiro atoms. The highest BCUT2D eigenvalue weighted by Crippen LogP contribution is 2.46. The first-order valence-corrected chi connectivity index (χ1v) is 8.11. The molecule has 0 aromatic heterocycles. The Morgan fingerprint density at radius 1 is 1.07 bits per heavy atom. The predicted molar refractivity (Wildman–Crippen MR) is 93.2 cm³/mol. The molecule has 28 heavy (non-hydrogen) atoms. The first-order valence-electron chi connectivity index (χ1n) is 7.73. The van der Waals surface area contributed by atoms with Gasteiger partial charge in [0.05, 0.1) is 19.9 Å². The molecule has 0 saturated heterocycles. The van der Waals surface area contributed by atoms with Gasteiger partial charge in [0.2, 0.25) is 0 Å². The Hall–Kier alpha value is -3.01. The van der Waals surface area contributed by atoms with Crippen LogP contribution in [0.25, 0.3) is 0 Å². The topological polar surface area (TPSA) is 78.1 Å². The summed E-state index contributed by atoms with van der Waals surface area (Å²) in [6, 6.07) is 6.81. The summed E-state index contributed by atoms with van der Waals surface area (Å²) in [4.78, 5) is 12.3. The summed E-state index contributed by atoms with van der Waals surface area (Å²) < 4.78 is 60.9. The Kier molecular flexibility index (Phi) is 5.07. The maximum absolute atomic E-state index is 13.7. The van der Waals surface area contributed by atoms with Gasteiger partial charge in [0.15, 0.2) is 11.5 Å². The lowest BCUT2D eigenvalue weighted by Crippen LogP contribution is -2.65. The van der Waals surface area contributed by atoms with Gasteiger partial charge in [-0.2, -0.15) is 13.2 Å². The molecule has 2 amide bonds. The number of alkyl halides is 3. The summed E-state index contributed by atoms with van der Waals surface area (Å²) in [5, 5.41) is 4.08. The summed E-state index contributed by atoms with van der Waals surface area (Å²) in [5.41, 5.74) is 0.108. The van der Waals surface area contributed by atoms with E-state index in [0.717, 1.165) is 6.07 Å². The van der Waals surface area contributed by atoms with Gasteiger partial charge in [-0.15, -0.1) is 0 Å². The van der Waals surface area contributed by atoms with Crippen LogP contribution in [0.2, 0.25) is 5.02 Å². The SMILES string of the molecule is COc1ccc(NC(=O)N[C@@]2(C(F)(F)F)Oc3ccc(Cl)cc3O2)c(OC)c1. The number of rotatable bonds is 4. The number of carbonyl (C=O) groups excluding carboxylic acids is 1. The number of ether oxygens (including phenoxy) is 4. The van der Waals surface area contributed by atoms with Crippen LogP contribution in [0, 0.1) is 0 Å². The minimum Gasteiger partial charge on any atom is -0.497 e. The number of nitrogens with one attached hydrogen (secondary N) is 2. The van der Waals surface area contributed by atoms with Crippen molar-refractivity contribution in [2.24, 2.45) is 0 Å². The maximum atomic E-state index is 13.7. The molecule has 0 saturated carbocycles. The number of carbonyl (C=O) groups is 1. The zero-order valence-corrected chi connectivity index (χ0v) is 15.3. The van der Waals surface area contributed by atoms with Gasteiger partial charge in [-0.1, -0.05) is 11.6 Å². The molecule has 2 aromatic rings. The molecule has 3 rings (SSSR count). The molecule has 1 atom stereocenters. The Morgan fingerprint density at radius 3 is 2.43 bits per heavy atom. The number of urea groups is 1. The van der Waals surface area contributed by atoms with Gasteiger partial charge in [-0.25, -0.2) is 4.79 Å². The molecule has 1 aliphatic rings. The van der Waals surface area contributed by atoms with Gasteiger partial charge in [0.25, 0.3) is 0 Å². The van der Waals surface area contributed by atoms with Crippen molar-refractivity contribution in [3.63, 3.8) is 0 Å². The summed E-state index contributed by atoms with van der Waals surface area (Å²) in [5.74, 6) is -3.27. The van der Waals surface area contributed by atoms with Crippen LogP contribution in [0.5, 0.6) is 23.0 Å². The number of amides is 2. The Morgan fingerprint density at radius 2 is 1.79 bits per heavy atom. The van der Waals surface area contributed by atoms with Gasteiger partial charge in [0.1, 0.15) is 11.5 Å². The highest BCUT2D eigenvalue weighted by Gasteiger charge is 2.65. The molecule has 150 valence electrons. The summed E-state index contributed by atoms with van der Waals surface area (Å²) in [7, 11) is 2.76. The molecule has 1 aliphatic heterocycles. The number of anilines is 1. The van der Waals surface area contributed by atoms with E-state index in [1.165, 1.54) is 44.6 Å². The fourth-order valence-electron chi connectivity index (χ4n) is 2.42. The lowest BCUT2D eigenvalue weighted by molar-refractivity contribution is -0.317. The molecule has 0 radical (unpaired) electrons. The van der Waals surface area contributed by atoms with Crippen molar-refractivity contribution in [1.82, 2.24) is 5.32 Å². The number of halogens is 4. The van der Waals surface area contributed by atoms with Crippen LogP contribution in [-0.4, -0.2) is 32.3 Å². The largest absolute Gasteiger partial charge is 0.497 e. The molecule has 0 bridgehead atoms. The van der Waals surface area contributed by atoms with Crippen molar-refractivity contribution in [3.8, 4) is 23.0 Å². The highest BCUT2D eigenvalue weighted by molar-refractivity contribution is 6.30. The number of hydrogen-bond donors (Lipinski definition) is 2. The second-order valence-corrected chi connectivity index (χ2v) is 5.99. The van der Waals surface area contributed by atoms with E-state index in [2.05, 4.69) is 5.32 Å². The predicted octanol–water partition coefficient (Wildman–Crippen LogP) is 4.17. The Balaban J connectivity index is 1.83. The van der Waals surface area contributed by atoms with E-state index in [1.807, 2.05) is 0 Å². The average Bonchev–Trinajstić information content (AvgIpc) is 3.00. The van der Waals surface area contributed by atoms with Gasteiger partial charge >= 0.3 is 18.1 Å². The number of benzene rings is 2. The standard InChI is InChI=1S/C17H14ClF3N2O5/c1-25-10-4-5-11(13(8-10)26-2)22-15(24)23-17(16(19,20)21)27-12-6-3-9(18)7-14(12)28-17/h3-8H,1-2H3,(H2,22,23,24)/t17-/m0/s1. The molecule has 1 heterocycles. The maximum Gasteiger partial charge on any atom is 0.492 e. The number of hydrogen-bond acceptors (Lipinski definition) is 5. The van der Waals surface area contributed by atoms with Crippen LogP contribution in [0.15, 0.2) is 36.4 Å². The van der Waals surface area contributed by atoms with Crippen LogP contribution in [-0.2, 0) is 0 Å². The monoisotopic (exact) mass is 418 g/mol. The van der Waals surface area contributed by atoms with Crippen molar-refractivity contribution < 1.29 is 36.9 Å². The molecular formula is C17H14ClF3N2O5. The van der Waals surface area contributed by atoms with Gasteiger partial charge in [-0.05, 0) is 24.3 Å². The third-order valence-corrected chi connectivity index (χ3v) is 3.96. The van der Waals surface area contributed by atoms with Crippen LogP contribution >= 0.6 is 11.6 Å². The van der Waals surface area contributed by atoms with Crippen molar-refractivity contribution in [2.75, 3.05) is 19.5 Å². The molecule has 0 fully saturated rings. The molecule has 11 heteroatoms. The van der Waals surface area contributed by atoms with Crippen LogP contribution in [0.3, 0.4) is 0 Å². The highest BCUT2D eigenvalue weighted by atomic mass is 35.5. The summed E-state index contributed by atoms with van der Waals surface area (Å²) in [6.07, 6.45) is -5.10. The normalized spacial score (nSPS) is 17.8. The number of methoxy groups -OCH3 is 2. The fraction of sp³-hybridized carbons (Fsp3) is 0.235. The lowest BCUT2D eigenvalue weighted by Gasteiger charge is -2.29. The summed E-state index contributed by atoms with van der Waals surface area (Å²) >= 11 is 5.76. The van der Waals surface area contributed by atoms with Crippen LogP contribution in [0.1, 0.15) is 0 Å². The molecule has 0 unspecified atom stereocenters. The van der Waals surface area contributed by atoms with E-state index < -0.39 is 18.1 Å². The van der Waals surface area contributed by atoms with Gasteiger partial charge in [-0.3, -0.25) is 5.32 Å². The van der Waals surface area contributed by atoms with E-state index in [4.69, 9.17) is 30.5 Å². The zero-order valence-electron chi connectivity index (χ0n) is 14.5. The van der Waals surface area contributed by atoms with E-state index in [9.17, 15) is 18.0 Å². The average molecular weight is 419 g/mol. The Bertz CT molecular complexity index is 909. The molecule has 2 N–H and O–H groups in total.